The lowest BCUT2D eigenvalue weighted by Crippen LogP contribution is -2.20. The molecule has 1 aromatic carbocycles. The van der Waals surface area contributed by atoms with Crippen molar-refractivity contribution in [3.63, 3.8) is 0 Å². The molecule has 19 heavy (non-hydrogen) atoms. The van der Waals surface area contributed by atoms with E-state index in [1.54, 1.807) is 19.4 Å². The lowest BCUT2D eigenvalue weighted by Gasteiger charge is -2.20. The number of pyridine rings is 1. The van der Waals surface area contributed by atoms with Crippen LogP contribution in [0.2, 0.25) is 0 Å². The molecule has 2 aromatic rings. The molecule has 1 unspecified atom stereocenters. The standard InChI is InChI=1S/C15H17FN2O/c1-10-6-7-11(16)9-12(10)14(17-2)15-13(19-3)5-4-8-18-15/h4-9,14,17H,1-3H3. The number of hydrogen-bond donors (Lipinski definition) is 1. The zero-order valence-electron chi connectivity index (χ0n) is 11.3. The highest BCUT2D eigenvalue weighted by Gasteiger charge is 2.19. The summed E-state index contributed by atoms with van der Waals surface area (Å²) in [4.78, 5) is 4.36. The molecule has 0 aliphatic carbocycles. The molecule has 4 heteroatoms. The Balaban J connectivity index is 2.53. The molecular weight excluding hydrogens is 243 g/mol. The maximum atomic E-state index is 13.5. The van der Waals surface area contributed by atoms with Gasteiger partial charge in [-0.25, -0.2) is 4.39 Å². The van der Waals surface area contributed by atoms with E-state index in [9.17, 15) is 4.39 Å². The van der Waals surface area contributed by atoms with Crippen LogP contribution in [0.15, 0.2) is 36.5 Å². The third-order valence-corrected chi connectivity index (χ3v) is 3.13. The summed E-state index contributed by atoms with van der Waals surface area (Å²) in [6, 6.07) is 8.22. The second kappa shape index (κ2) is 5.80. The zero-order valence-corrected chi connectivity index (χ0v) is 11.3. The second-order valence-corrected chi connectivity index (χ2v) is 4.31. The Morgan fingerprint density at radius 2 is 2.11 bits per heavy atom. The maximum absolute atomic E-state index is 13.5. The van der Waals surface area contributed by atoms with Crippen LogP contribution in [0.25, 0.3) is 0 Å². The summed E-state index contributed by atoms with van der Waals surface area (Å²) in [6.45, 7) is 1.95. The van der Waals surface area contributed by atoms with Gasteiger partial charge in [0.2, 0.25) is 0 Å². The summed E-state index contributed by atoms with van der Waals surface area (Å²) < 4.78 is 18.8. The number of methoxy groups -OCH3 is 1. The minimum atomic E-state index is -0.254. The molecule has 100 valence electrons. The molecule has 0 radical (unpaired) electrons. The molecule has 0 spiro atoms. The fourth-order valence-corrected chi connectivity index (χ4v) is 2.15. The topological polar surface area (TPSA) is 34.2 Å². The molecule has 2 rings (SSSR count). The van der Waals surface area contributed by atoms with Crippen LogP contribution in [-0.4, -0.2) is 19.1 Å². The van der Waals surface area contributed by atoms with E-state index in [0.29, 0.717) is 5.75 Å². The van der Waals surface area contributed by atoms with Gasteiger partial charge in [-0.1, -0.05) is 6.07 Å². The Kier molecular flexibility index (Phi) is 4.12. The maximum Gasteiger partial charge on any atom is 0.142 e. The van der Waals surface area contributed by atoms with Crippen LogP contribution in [0.3, 0.4) is 0 Å². The molecule has 1 heterocycles. The molecular formula is C15H17FN2O. The van der Waals surface area contributed by atoms with E-state index in [4.69, 9.17) is 4.74 Å². The van der Waals surface area contributed by atoms with Gasteiger partial charge in [-0.15, -0.1) is 0 Å². The van der Waals surface area contributed by atoms with Crippen molar-refractivity contribution in [1.29, 1.82) is 0 Å². The Hall–Kier alpha value is -1.94. The fraction of sp³-hybridized carbons (Fsp3) is 0.267. The van der Waals surface area contributed by atoms with Crippen molar-refractivity contribution >= 4 is 0 Å². The van der Waals surface area contributed by atoms with Crippen LogP contribution in [-0.2, 0) is 0 Å². The summed E-state index contributed by atoms with van der Waals surface area (Å²) in [5.74, 6) is 0.432. The summed E-state index contributed by atoms with van der Waals surface area (Å²) >= 11 is 0. The number of hydrogen-bond acceptors (Lipinski definition) is 3. The minimum Gasteiger partial charge on any atom is -0.495 e. The molecule has 0 bridgehead atoms. The van der Waals surface area contributed by atoms with E-state index < -0.39 is 0 Å². The average molecular weight is 260 g/mol. The van der Waals surface area contributed by atoms with Crippen molar-refractivity contribution in [3.8, 4) is 5.75 Å². The summed E-state index contributed by atoms with van der Waals surface area (Å²) in [7, 11) is 3.43. The zero-order chi connectivity index (χ0) is 13.8. The van der Waals surface area contributed by atoms with Gasteiger partial charge < -0.3 is 10.1 Å². The predicted molar refractivity (Wildman–Crippen MR) is 72.8 cm³/mol. The van der Waals surface area contributed by atoms with Crippen molar-refractivity contribution in [1.82, 2.24) is 10.3 Å². The predicted octanol–water partition coefficient (Wildman–Crippen LogP) is 2.85. The quantitative estimate of drug-likeness (QED) is 0.918. The van der Waals surface area contributed by atoms with Gasteiger partial charge in [-0.05, 0) is 49.4 Å². The summed E-state index contributed by atoms with van der Waals surface area (Å²) in [5.41, 5.74) is 2.62. The number of aromatic nitrogens is 1. The normalized spacial score (nSPS) is 12.2. The number of benzene rings is 1. The first-order valence-corrected chi connectivity index (χ1v) is 6.09. The monoisotopic (exact) mass is 260 g/mol. The third-order valence-electron chi connectivity index (χ3n) is 3.13. The lowest BCUT2D eigenvalue weighted by atomic mass is 9.97. The molecule has 1 N–H and O–H groups in total. The number of nitrogens with zero attached hydrogens (tertiary/aromatic N) is 1. The molecule has 0 aliphatic rings. The molecule has 0 aliphatic heterocycles. The summed E-state index contributed by atoms with van der Waals surface area (Å²) in [6.07, 6.45) is 1.71. The van der Waals surface area contributed by atoms with Crippen LogP contribution in [0.4, 0.5) is 4.39 Å². The first kappa shape index (κ1) is 13.5. The molecule has 3 nitrogen and oxygen atoms in total. The van der Waals surface area contributed by atoms with Crippen LogP contribution >= 0.6 is 0 Å². The van der Waals surface area contributed by atoms with Crippen LogP contribution in [0, 0.1) is 12.7 Å². The van der Waals surface area contributed by atoms with E-state index in [0.717, 1.165) is 16.8 Å². The van der Waals surface area contributed by atoms with Gasteiger partial charge in [-0.2, -0.15) is 0 Å². The average Bonchev–Trinajstić information content (AvgIpc) is 2.44. The number of nitrogens with one attached hydrogen (secondary N) is 1. The van der Waals surface area contributed by atoms with E-state index in [2.05, 4.69) is 10.3 Å². The van der Waals surface area contributed by atoms with Gasteiger partial charge in [0, 0.05) is 6.20 Å². The van der Waals surface area contributed by atoms with E-state index in [1.807, 2.05) is 26.1 Å². The fourth-order valence-electron chi connectivity index (χ4n) is 2.15. The Labute approximate surface area is 112 Å². The minimum absolute atomic E-state index is 0.202. The molecule has 0 fully saturated rings. The molecule has 1 aromatic heterocycles. The number of ether oxygens (including phenoxy) is 1. The van der Waals surface area contributed by atoms with Crippen molar-refractivity contribution in [2.24, 2.45) is 0 Å². The largest absolute Gasteiger partial charge is 0.495 e. The van der Waals surface area contributed by atoms with E-state index in [1.165, 1.54) is 12.1 Å². The van der Waals surface area contributed by atoms with Gasteiger partial charge in [0.1, 0.15) is 17.3 Å². The number of halogens is 1. The second-order valence-electron chi connectivity index (χ2n) is 4.31. The number of rotatable bonds is 4. The van der Waals surface area contributed by atoms with E-state index in [-0.39, 0.29) is 11.9 Å². The van der Waals surface area contributed by atoms with Crippen LogP contribution in [0.1, 0.15) is 22.9 Å². The third kappa shape index (κ3) is 2.74. The van der Waals surface area contributed by atoms with Crippen LogP contribution < -0.4 is 10.1 Å². The van der Waals surface area contributed by atoms with Gasteiger partial charge in [-0.3, -0.25) is 4.98 Å². The van der Waals surface area contributed by atoms with Gasteiger partial charge in [0.25, 0.3) is 0 Å². The Bertz CT molecular complexity index is 572. The Morgan fingerprint density at radius 1 is 1.32 bits per heavy atom. The molecule has 0 amide bonds. The smallest absolute Gasteiger partial charge is 0.142 e. The summed E-state index contributed by atoms with van der Waals surface area (Å²) in [5, 5.41) is 3.17. The van der Waals surface area contributed by atoms with Crippen molar-refractivity contribution in [2.45, 2.75) is 13.0 Å². The van der Waals surface area contributed by atoms with Crippen molar-refractivity contribution < 1.29 is 9.13 Å². The first-order chi connectivity index (χ1) is 9.17. The first-order valence-electron chi connectivity index (χ1n) is 6.09. The number of aryl methyl sites for hydroxylation is 1. The van der Waals surface area contributed by atoms with Gasteiger partial charge in [0.15, 0.2) is 0 Å². The molecule has 0 saturated heterocycles. The van der Waals surface area contributed by atoms with E-state index >= 15 is 0 Å². The highest BCUT2D eigenvalue weighted by atomic mass is 19.1. The SMILES string of the molecule is CNC(c1cc(F)ccc1C)c1ncccc1OC. The van der Waals surface area contributed by atoms with Crippen molar-refractivity contribution in [3.05, 3.63) is 59.2 Å². The molecule has 0 saturated carbocycles. The Morgan fingerprint density at radius 3 is 2.79 bits per heavy atom. The molecule has 1 atom stereocenters. The highest BCUT2D eigenvalue weighted by molar-refractivity contribution is 5.40. The van der Waals surface area contributed by atoms with Crippen LogP contribution in [0.5, 0.6) is 5.75 Å². The van der Waals surface area contributed by atoms with Gasteiger partial charge in [0.05, 0.1) is 13.2 Å². The highest BCUT2D eigenvalue weighted by Crippen LogP contribution is 2.29. The van der Waals surface area contributed by atoms with Gasteiger partial charge >= 0.3 is 0 Å². The van der Waals surface area contributed by atoms with Crippen molar-refractivity contribution in [2.75, 3.05) is 14.2 Å². The lowest BCUT2D eigenvalue weighted by molar-refractivity contribution is 0.401.